The number of likely N-dealkylation sites (N-methyl/N-ethyl adjacent to an activating group) is 1. The summed E-state index contributed by atoms with van der Waals surface area (Å²) in [4.78, 5) is 19.0. The van der Waals surface area contributed by atoms with Crippen LogP contribution in [-0.2, 0) is 11.2 Å². The fourth-order valence-electron chi connectivity index (χ4n) is 4.83. The van der Waals surface area contributed by atoms with E-state index < -0.39 is 0 Å². The molecule has 2 saturated heterocycles. The zero-order chi connectivity index (χ0) is 22.2. The second-order valence-corrected chi connectivity index (χ2v) is 8.63. The van der Waals surface area contributed by atoms with Crippen molar-refractivity contribution in [1.82, 2.24) is 14.7 Å². The number of likely N-dealkylation sites (tertiary alicyclic amines) is 2. The fourth-order valence-corrected chi connectivity index (χ4v) is 4.83. The summed E-state index contributed by atoms with van der Waals surface area (Å²) in [5.74, 6) is 1.57. The maximum atomic E-state index is 12.0. The molecule has 3 rings (SSSR count). The van der Waals surface area contributed by atoms with Gasteiger partial charge in [-0.1, -0.05) is 6.07 Å². The third-order valence-corrected chi connectivity index (χ3v) is 6.76. The number of rotatable bonds is 8. The van der Waals surface area contributed by atoms with Gasteiger partial charge in [0.05, 0.1) is 20.8 Å². The molecule has 2 heterocycles. The minimum Gasteiger partial charge on any atom is -0.493 e. The molecule has 2 aliphatic heterocycles. The molecule has 0 aromatic heterocycles. The van der Waals surface area contributed by atoms with Crippen LogP contribution in [0.15, 0.2) is 18.2 Å². The number of hydrogen-bond acceptors (Lipinski definition) is 6. The van der Waals surface area contributed by atoms with E-state index in [4.69, 9.17) is 14.2 Å². The van der Waals surface area contributed by atoms with Crippen LogP contribution in [0.5, 0.6) is 11.5 Å². The Morgan fingerprint density at radius 3 is 2.52 bits per heavy atom. The normalized spacial score (nSPS) is 20.7. The van der Waals surface area contributed by atoms with Gasteiger partial charge in [0, 0.05) is 38.3 Å². The molecule has 0 radical (unpaired) electrons. The van der Waals surface area contributed by atoms with E-state index in [1.165, 1.54) is 24.9 Å². The Labute approximate surface area is 187 Å². The molecule has 7 nitrogen and oxygen atoms in total. The lowest BCUT2D eigenvalue weighted by Gasteiger charge is -2.44. The van der Waals surface area contributed by atoms with Crippen molar-refractivity contribution in [2.45, 2.75) is 51.1 Å². The lowest BCUT2D eigenvalue weighted by atomic mass is 9.97. The van der Waals surface area contributed by atoms with Gasteiger partial charge in [-0.05, 0) is 70.3 Å². The summed E-state index contributed by atoms with van der Waals surface area (Å²) >= 11 is 0. The number of amides is 1. The average Bonchev–Trinajstić information content (AvgIpc) is 2.82. The Bertz CT molecular complexity index is 706. The van der Waals surface area contributed by atoms with Gasteiger partial charge in [-0.15, -0.1) is 0 Å². The zero-order valence-corrected chi connectivity index (χ0v) is 19.6. The first-order chi connectivity index (χ1) is 15.0. The van der Waals surface area contributed by atoms with Crippen LogP contribution in [0.2, 0.25) is 0 Å². The summed E-state index contributed by atoms with van der Waals surface area (Å²) in [6, 6.07) is 7.35. The van der Waals surface area contributed by atoms with Gasteiger partial charge in [0.1, 0.15) is 0 Å². The SMILES string of the molecule is CCOC(=O)N1CCC(N2CCC[C@@H](N(C)CCc3ccc(OC)c(OC)c3)C2)CC1. The van der Waals surface area contributed by atoms with Crippen molar-refractivity contribution < 1.29 is 19.0 Å². The Kier molecular flexibility index (Phi) is 8.84. The number of methoxy groups -OCH3 is 2. The lowest BCUT2D eigenvalue weighted by molar-refractivity contribution is 0.0455. The van der Waals surface area contributed by atoms with Crippen LogP contribution in [0, 0.1) is 0 Å². The molecule has 7 heteroatoms. The van der Waals surface area contributed by atoms with Gasteiger partial charge in [0.2, 0.25) is 0 Å². The number of hydrogen-bond donors (Lipinski definition) is 0. The van der Waals surface area contributed by atoms with Gasteiger partial charge in [-0.25, -0.2) is 4.79 Å². The molecule has 0 saturated carbocycles. The molecule has 1 aromatic rings. The smallest absolute Gasteiger partial charge is 0.409 e. The largest absolute Gasteiger partial charge is 0.493 e. The summed E-state index contributed by atoms with van der Waals surface area (Å²) in [5.41, 5.74) is 1.27. The highest BCUT2D eigenvalue weighted by Crippen LogP contribution is 2.28. The van der Waals surface area contributed by atoms with E-state index in [2.05, 4.69) is 29.0 Å². The highest BCUT2D eigenvalue weighted by Gasteiger charge is 2.31. The van der Waals surface area contributed by atoms with E-state index in [1.54, 1.807) is 14.2 Å². The van der Waals surface area contributed by atoms with Crippen LogP contribution in [-0.4, -0.2) is 93.5 Å². The molecule has 1 aromatic carbocycles. The highest BCUT2D eigenvalue weighted by atomic mass is 16.6. The molecule has 174 valence electrons. The molecule has 0 bridgehead atoms. The topological polar surface area (TPSA) is 54.5 Å². The van der Waals surface area contributed by atoms with Crippen molar-refractivity contribution in [3.8, 4) is 11.5 Å². The van der Waals surface area contributed by atoms with Crippen LogP contribution < -0.4 is 9.47 Å². The quantitative estimate of drug-likeness (QED) is 0.627. The van der Waals surface area contributed by atoms with Crippen molar-refractivity contribution >= 4 is 6.09 Å². The molecule has 2 fully saturated rings. The molecule has 0 unspecified atom stereocenters. The lowest BCUT2D eigenvalue weighted by Crippen LogP contribution is -2.53. The van der Waals surface area contributed by atoms with Crippen LogP contribution in [0.4, 0.5) is 4.79 Å². The van der Waals surface area contributed by atoms with E-state index in [1.807, 2.05) is 17.9 Å². The standard InChI is InChI=1S/C24H39N3O4/c1-5-31-24(28)26-15-11-20(12-16-26)27-13-6-7-21(18-27)25(2)14-10-19-8-9-22(29-3)23(17-19)30-4/h8-9,17,20-21H,5-7,10-16,18H2,1-4H3/t21-/m1/s1. The predicted octanol–water partition coefficient (Wildman–Crippen LogP) is 3.26. The highest BCUT2D eigenvalue weighted by molar-refractivity contribution is 5.67. The number of nitrogens with zero attached hydrogens (tertiary/aromatic N) is 3. The molecule has 2 aliphatic rings. The second kappa shape index (κ2) is 11.6. The number of carbonyl (C=O) groups excluding carboxylic acids is 1. The van der Waals surface area contributed by atoms with E-state index >= 15 is 0 Å². The monoisotopic (exact) mass is 433 g/mol. The summed E-state index contributed by atoms with van der Waals surface area (Å²) in [5, 5.41) is 0. The molecular weight excluding hydrogens is 394 g/mol. The molecular formula is C24H39N3O4. The van der Waals surface area contributed by atoms with Crippen LogP contribution >= 0.6 is 0 Å². The Balaban J connectivity index is 1.47. The number of ether oxygens (including phenoxy) is 3. The van der Waals surface area contributed by atoms with Gasteiger partial charge >= 0.3 is 6.09 Å². The molecule has 31 heavy (non-hydrogen) atoms. The predicted molar refractivity (Wildman–Crippen MR) is 122 cm³/mol. The first-order valence-corrected chi connectivity index (χ1v) is 11.6. The van der Waals surface area contributed by atoms with E-state index in [-0.39, 0.29) is 6.09 Å². The fraction of sp³-hybridized carbons (Fsp3) is 0.708. The maximum Gasteiger partial charge on any atom is 0.409 e. The van der Waals surface area contributed by atoms with Crippen molar-refractivity contribution in [1.29, 1.82) is 0 Å². The number of benzene rings is 1. The molecule has 1 amide bonds. The van der Waals surface area contributed by atoms with Gasteiger partial charge in [0.15, 0.2) is 11.5 Å². The minimum atomic E-state index is -0.160. The van der Waals surface area contributed by atoms with E-state index in [0.29, 0.717) is 18.7 Å². The van der Waals surface area contributed by atoms with Gasteiger partial charge < -0.3 is 24.0 Å². The van der Waals surface area contributed by atoms with E-state index in [0.717, 1.165) is 56.9 Å². The van der Waals surface area contributed by atoms with Gasteiger partial charge in [-0.2, -0.15) is 0 Å². The second-order valence-electron chi connectivity index (χ2n) is 8.63. The van der Waals surface area contributed by atoms with Gasteiger partial charge in [0.25, 0.3) is 0 Å². The Hall–Kier alpha value is -1.99. The van der Waals surface area contributed by atoms with Crippen molar-refractivity contribution in [3.05, 3.63) is 23.8 Å². The van der Waals surface area contributed by atoms with Crippen LogP contribution in [0.1, 0.15) is 38.2 Å². The Morgan fingerprint density at radius 1 is 1.10 bits per heavy atom. The van der Waals surface area contributed by atoms with Crippen LogP contribution in [0.3, 0.4) is 0 Å². The zero-order valence-electron chi connectivity index (χ0n) is 19.6. The summed E-state index contributed by atoms with van der Waals surface area (Å²) < 4.78 is 15.9. The molecule has 1 atom stereocenters. The van der Waals surface area contributed by atoms with E-state index in [9.17, 15) is 4.79 Å². The minimum absolute atomic E-state index is 0.160. The Morgan fingerprint density at radius 2 is 1.84 bits per heavy atom. The summed E-state index contributed by atoms with van der Waals surface area (Å²) in [6.07, 6.45) is 5.41. The summed E-state index contributed by atoms with van der Waals surface area (Å²) in [6.45, 7) is 7.23. The number of piperidine rings is 2. The first kappa shape index (κ1) is 23.7. The van der Waals surface area contributed by atoms with Crippen molar-refractivity contribution in [2.75, 3.05) is 60.6 Å². The van der Waals surface area contributed by atoms with Gasteiger partial charge in [-0.3, -0.25) is 4.90 Å². The molecule has 0 spiro atoms. The van der Waals surface area contributed by atoms with Crippen molar-refractivity contribution in [3.63, 3.8) is 0 Å². The summed E-state index contributed by atoms with van der Waals surface area (Å²) in [7, 11) is 5.60. The third-order valence-electron chi connectivity index (χ3n) is 6.76. The third kappa shape index (κ3) is 6.26. The van der Waals surface area contributed by atoms with Crippen molar-refractivity contribution in [2.24, 2.45) is 0 Å². The number of carbonyl (C=O) groups is 1. The average molecular weight is 434 g/mol. The molecule has 0 N–H and O–H groups in total. The molecule has 0 aliphatic carbocycles. The first-order valence-electron chi connectivity index (χ1n) is 11.6. The maximum absolute atomic E-state index is 12.0. The van der Waals surface area contributed by atoms with Crippen LogP contribution in [0.25, 0.3) is 0 Å².